The highest BCUT2D eigenvalue weighted by molar-refractivity contribution is 7.89. The molecule has 2 bridgehead atoms. The van der Waals surface area contributed by atoms with Crippen LogP contribution >= 0.6 is 11.6 Å². The number of benzene rings is 1. The molecule has 0 saturated carbocycles. The van der Waals surface area contributed by atoms with Gasteiger partial charge in [-0.15, -0.1) is 0 Å². The smallest absolute Gasteiger partial charge is 0.247 e. The van der Waals surface area contributed by atoms with Gasteiger partial charge >= 0.3 is 0 Å². The summed E-state index contributed by atoms with van der Waals surface area (Å²) in [7, 11) is -2.19. The van der Waals surface area contributed by atoms with E-state index in [4.69, 9.17) is 16.3 Å². The Morgan fingerprint density at radius 2 is 2.03 bits per heavy atom. The van der Waals surface area contributed by atoms with Crippen LogP contribution in [0.1, 0.15) is 38.5 Å². The predicted molar refractivity (Wildman–Crippen MR) is 114 cm³/mol. The van der Waals surface area contributed by atoms with Gasteiger partial charge in [-0.2, -0.15) is 4.31 Å². The first-order valence-corrected chi connectivity index (χ1v) is 12.6. The molecule has 0 radical (unpaired) electrons. The second kappa shape index (κ2) is 7.56. The van der Waals surface area contributed by atoms with Crippen LogP contribution in [-0.2, 0) is 10.0 Å². The second-order valence-corrected chi connectivity index (χ2v) is 11.2. The molecular weight excluding hydrogens is 408 g/mol. The first-order valence-electron chi connectivity index (χ1n) is 10.8. The van der Waals surface area contributed by atoms with E-state index in [0.717, 1.165) is 32.4 Å². The van der Waals surface area contributed by atoms with E-state index < -0.39 is 10.0 Å². The molecule has 0 amide bonds. The minimum atomic E-state index is -3.70. The molecule has 5 rings (SSSR count). The van der Waals surface area contributed by atoms with Crippen molar-refractivity contribution in [3.8, 4) is 5.75 Å². The third-order valence-electron chi connectivity index (χ3n) is 7.32. The van der Waals surface area contributed by atoms with Gasteiger partial charge in [0.25, 0.3) is 0 Å². The summed E-state index contributed by atoms with van der Waals surface area (Å²) in [5, 5.41) is 0.412. The Bertz CT molecular complexity index is 932. The number of nitrogens with zero attached hydrogens (tertiary/aromatic N) is 2. The Balaban J connectivity index is 1.54. The number of sulfonamides is 1. The van der Waals surface area contributed by atoms with Gasteiger partial charge in [-0.05, 0) is 68.7 Å². The maximum Gasteiger partial charge on any atom is 0.247 e. The number of fused-ring (bicyclic) bond motifs is 6. The van der Waals surface area contributed by atoms with Crippen LogP contribution in [0.4, 0.5) is 0 Å². The molecule has 0 unspecified atom stereocenters. The molecule has 3 fully saturated rings. The lowest BCUT2D eigenvalue weighted by atomic mass is 9.68. The van der Waals surface area contributed by atoms with Crippen molar-refractivity contribution >= 4 is 21.6 Å². The molecule has 0 N–H and O–H groups in total. The van der Waals surface area contributed by atoms with E-state index in [-0.39, 0.29) is 10.9 Å². The number of hydrogen-bond acceptors (Lipinski definition) is 4. The van der Waals surface area contributed by atoms with Crippen molar-refractivity contribution in [2.45, 2.75) is 55.5 Å². The zero-order valence-corrected chi connectivity index (χ0v) is 18.5. The van der Waals surface area contributed by atoms with Crippen LogP contribution in [0, 0.1) is 11.8 Å². The average molecular weight is 437 g/mol. The Morgan fingerprint density at radius 3 is 2.86 bits per heavy atom. The van der Waals surface area contributed by atoms with E-state index in [1.54, 1.807) is 16.4 Å². The number of ether oxygens (including phenoxy) is 1. The Hall–Kier alpha value is -1.08. The summed E-state index contributed by atoms with van der Waals surface area (Å²) in [5.41, 5.74) is 1.34. The van der Waals surface area contributed by atoms with Gasteiger partial charge in [-0.25, -0.2) is 8.42 Å². The molecular formula is C22H29ClN2O3S. The lowest BCUT2D eigenvalue weighted by Gasteiger charge is -2.54. The van der Waals surface area contributed by atoms with Gasteiger partial charge in [-0.3, -0.25) is 4.90 Å². The lowest BCUT2D eigenvalue weighted by molar-refractivity contribution is 0.0149. The maximum absolute atomic E-state index is 13.8. The quantitative estimate of drug-likeness (QED) is 0.673. The van der Waals surface area contributed by atoms with Crippen LogP contribution in [0.5, 0.6) is 5.75 Å². The molecule has 0 spiro atoms. The molecule has 1 aromatic rings. The van der Waals surface area contributed by atoms with Gasteiger partial charge in [0.1, 0.15) is 10.6 Å². The third kappa shape index (κ3) is 3.32. The van der Waals surface area contributed by atoms with Gasteiger partial charge in [0.05, 0.1) is 13.2 Å². The van der Waals surface area contributed by atoms with E-state index in [1.165, 1.54) is 38.0 Å². The standard InChI is InChI=1S/C22H29ClN2O3S/c1-28-20-8-7-18(23)13-21(20)29(26,27)25-10-4-5-15-11-16-12-17(22(15)25)14-24-9-3-2-6-19(16)24/h7-8,11,13,16-17,19,22H,2-6,9-10,12,14H2,1H3/t16-,17+,19+,22+/m0/s1. The van der Waals surface area contributed by atoms with E-state index in [9.17, 15) is 8.42 Å². The van der Waals surface area contributed by atoms with Crippen molar-refractivity contribution in [2.75, 3.05) is 26.7 Å². The van der Waals surface area contributed by atoms with Gasteiger partial charge in [0.2, 0.25) is 10.0 Å². The monoisotopic (exact) mass is 436 g/mol. The van der Waals surface area contributed by atoms with Crippen LogP contribution in [0.15, 0.2) is 34.7 Å². The summed E-state index contributed by atoms with van der Waals surface area (Å²) in [6.45, 7) is 2.73. The van der Waals surface area contributed by atoms with Crippen molar-refractivity contribution in [2.24, 2.45) is 11.8 Å². The number of rotatable bonds is 3. The summed E-state index contributed by atoms with van der Waals surface area (Å²) in [5.74, 6) is 1.32. The predicted octanol–water partition coefficient (Wildman–Crippen LogP) is 3.93. The number of methoxy groups -OCH3 is 1. The molecule has 29 heavy (non-hydrogen) atoms. The second-order valence-electron chi connectivity index (χ2n) is 8.92. The normalized spacial score (nSPS) is 32.8. The number of halogens is 1. The van der Waals surface area contributed by atoms with Crippen molar-refractivity contribution in [3.05, 3.63) is 34.9 Å². The molecule has 158 valence electrons. The summed E-state index contributed by atoms with van der Waals surface area (Å²) < 4.78 is 34.7. The molecule has 5 nitrogen and oxygen atoms in total. The van der Waals surface area contributed by atoms with E-state index >= 15 is 0 Å². The molecule has 1 aliphatic carbocycles. The van der Waals surface area contributed by atoms with Gasteiger partial charge in [0.15, 0.2) is 0 Å². The fraction of sp³-hybridized carbons (Fsp3) is 0.636. The highest BCUT2D eigenvalue weighted by atomic mass is 35.5. The van der Waals surface area contributed by atoms with Crippen LogP contribution in [0.3, 0.4) is 0 Å². The fourth-order valence-corrected chi connectivity index (χ4v) is 8.32. The van der Waals surface area contributed by atoms with Crippen molar-refractivity contribution in [1.82, 2.24) is 9.21 Å². The van der Waals surface area contributed by atoms with Crippen LogP contribution in [-0.4, -0.2) is 56.5 Å². The fourth-order valence-electron chi connectivity index (χ4n) is 6.17. The van der Waals surface area contributed by atoms with Crippen LogP contribution in [0.2, 0.25) is 5.02 Å². The average Bonchev–Trinajstić information content (AvgIpc) is 2.73. The Labute approximate surface area is 178 Å². The van der Waals surface area contributed by atoms with Crippen molar-refractivity contribution in [3.63, 3.8) is 0 Å². The van der Waals surface area contributed by atoms with E-state index in [2.05, 4.69) is 11.0 Å². The highest BCUT2D eigenvalue weighted by Crippen LogP contribution is 2.46. The third-order valence-corrected chi connectivity index (χ3v) is 9.46. The first kappa shape index (κ1) is 19.9. The van der Waals surface area contributed by atoms with Gasteiger partial charge in [-0.1, -0.05) is 29.7 Å². The largest absolute Gasteiger partial charge is 0.495 e. The Kier molecular flexibility index (Phi) is 5.18. The minimum Gasteiger partial charge on any atom is -0.495 e. The van der Waals surface area contributed by atoms with E-state index in [1.807, 2.05) is 0 Å². The molecule has 3 saturated heterocycles. The summed E-state index contributed by atoms with van der Waals surface area (Å²) in [6.07, 6.45) is 9.31. The molecule has 3 heterocycles. The first-order chi connectivity index (χ1) is 14.0. The summed E-state index contributed by atoms with van der Waals surface area (Å²) >= 11 is 6.16. The zero-order chi connectivity index (χ0) is 20.2. The Morgan fingerprint density at radius 1 is 1.17 bits per heavy atom. The SMILES string of the molecule is COc1ccc(Cl)cc1S(=O)(=O)N1CCCC2=C[C@H]3C[C@H](CN4CCCC[C@H]34)[C@@H]21. The summed E-state index contributed by atoms with van der Waals surface area (Å²) in [4.78, 5) is 2.82. The zero-order valence-electron chi connectivity index (χ0n) is 16.9. The topological polar surface area (TPSA) is 49.9 Å². The van der Waals surface area contributed by atoms with Gasteiger partial charge < -0.3 is 4.74 Å². The molecule has 1 aromatic carbocycles. The van der Waals surface area contributed by atoms with E-state index in [0.29, 0.717) is 35.2 Å². The van der Waals surface area contributed by atoms with Crippen LogP contribution < -0.4 is 4.74 Å². The molecule has 4 aliphatic rings. The van der Waals surface area contributed by atoms with Crippen molar-refractivity contribution < 1.29 is 13.2 Å². The summed E-state index contributed by atoms with van der Waals surface area (Å²) in [6, 6.07) is 5.47. The van der Waals surface area contributed by atoms with Crippen molar-refractivity contribution in [1.29, 1.82) is 0 Å². The van der Waals surface area contributed by atoms with Crippen LogP contribution in [0.25, 0.3) is 0 Å². The lowest BCUT2D eigenvalue weighted by Crippen LogP contribution is -2.59. The minimum absolute atomic E-state index is 0.0310. The maximum atomic E-state index is 13.8. The molecule has 4 atom stereocenters. The molecule has 7 heteroatoms. The number of hydrogen-bond donors (Lipinski definition) is 0. The molecule has 0 aromatic heterocycles. The van der Waals surface area contributed by atoms with Gasteiger partial charge in [0, 0.05) is 24.2 Å². The molecule has 3 aliphatic heterocycles. The number of piperidine rings is 3. The highest BCUT2D eigenvalue weighted by Gasteiger charge is 2.49.